The predicted octanol–water partition coefficient (Wildman–Crippen LogP) is -0.0210. The molecule has 3 heterocycles. The van der Waals surface area contributed by atoms with Gasteiger partial charge in [0, 0.05) is 30.0 Å². The van der Waals surface area contributed by atoms with Gasteiger partial charge in [-0.2, -0.15) is 16.9 Å². The number of carbonyl (C=O) groups is 2. The largest absolute Gasteiger partial charge is 0.370 e. The molecule has 1 saturated heterocycles. The number of nitrogens with one attached hydrogen (secondary N) is 3. The van der Waals surface area contributed by atoms with E-state index in [1.165, 1.54) is 4.90 Å². The summed E-state index contributed by atoms with van der Waals surface area (Å²) < 4.78 is 7.07. The van der Waals surface area contributed by atoms with Crippen LogP contribution in [0.1, 0.15) is 17.7 Å². The van der Waals surface area contributed by atoms with Crippen molar-refractivity contribution in [1.82, 2.24) is 15.1 Å². The average Bonchev–Trinajstić information content (AvgIpc) is 3.35. The lowest BCUT2D eigenvalue weighted by atomic mass is 10.2. The Labute approximate surface area is 174 Å². The monoisotopic (exact) mass is 416 g/mol. The first-order valence-corrected chi connectivity index (χ1v) is 11.1. The van der Waals surface area contributed by atoms with Crippen LogP contribution in [0.5, 0.6) is 0 Å². The van der Waals surface area contributed by atoms with E-state index in [4.69, 9.17) is 4.74 Å². The van der Waals surface area contributed by atoms with Gasteiger partial charge in [-0.05, 0) is 12.1 Å². The number of hydrogen-bond acceptors (Lipinski definition) is 5. The fourth-order valence-corrected chi connectivity index (χ4v) is 4.63. The van der Waals surface area contributed by atoms with Crippen molar-refractivity contribution in [2.75, 3.05) is 44.7 Å². The lowest BCUT2D eigenvalue weighted by Gasteiger charge is -2.23. The van der Waals surface area contributed by atoms with Crippen molar-refractivity contribution < 1.29 is 19.2 Å². The predicted molar refractivity (Wildman–Crippen MR) is 111 cm³/mol. The minimum Gasteiger partial charge on any atom is -0.370 e. The molecule has 0 unspecified atom stereocenters. The lowest BCUT2D eigenvalue weighted by Crippen LogP contribution is -3.14. The zero-order chi connectivity index (χ0) is 20.1. The van der Waals surface area contributed by atoms with Gasteiger partial charge in [0.15, 0.2) is 0 Å². The highest BCUT2D eigenvalue weighted by Gasteiger charge is 2.26. The summed E-state index contributed by atoms with van der Waals surface area (Å²) in [7, 11) is 0. The summed E-state index contributed by atoms with van der Waals surface area (Å²) in [5, 5.41) is 10.2. The number of carbonyl (C=O) groups excluding carboxylic acids is 2. The Bertz CT molecular complexity index is 865. The van der Waals surface area contributed by atoms with Gasteiger partial charge in [0.25, 0.3) is 0 Å². The zero-order valence-corrected chi connectivity index (χ0v) is 17.1. The van der Waals surface area contributed by atoms with E-state index in [-0.39, 0.29) is 0 Å². The lowest BCUT2D eigenvalue weighted by molar-refractivity contribution is -0.908. The molecule has 0 radical (unpaired) electrons. The summed E-state index contributed by atoms with van der Waals surface area (Å²) in [6, 6.07) is 9.64. The van der Waals surface area contributed by atoms with Crippen molar-refractivity contribution >= 4 is 29.4 Å². The first kappa shape index (κ1) is 19.9. The average molecular weight is 417 g/mol. The Balaban J connectivity index is 1.35. The molecule has 2 aliphatic rings. The maximum atomic E-state index is 12.5. The van der Waals surface area contributed by atoms with Gasteiger partial charge in [-0.3, -0.25) is 9.59 Å². The number of anilines is 1. The molecule has 0 bridgehead atoms. The van der Waals surface area contributed by atoms with Crippen LogP contribution in [0.15, 0.2) is 30.3 Å². The molecule has 4 rings (SSSR count). The molecule has 0 aliphatic carbocycles. The second-order valence-electron chi connectivity index (χ2n) is 7.19. The number of hydrogen-bond donors (Lipinski definition) is 3. The highest BCUT2D eigenvalue weighted by atomic mass is 32.2. The quantitative estimate of drug-likeness (QED) is 0.455. The smallest absolute Gasteiger partial charge is 0.314 e. The van der Waals surface area contributed by atoms with Crippen molar-refractivity contribution in [1.29, 1.82) is 0 Å². The maximum Gasteiger partial charge on any atom is 0.314 e. The van der Waals surface area contributed by atoms with Gasteiger partial charge in [0.1, 0.15) is 18.9 Å². The molecule has 0 saturated carbocycles. The van der Waals surface area contributed by atoms with Crippen molar-refractivity contribution in [3.8, 4) is 5.69 Å². The Morgan fingerprint density at radius 1 is 1.14 bits per heavy atom. The number of fused-ring (bicyclic) bond motifs is 1. The second-order valence-corrected chi connectivity index (χ2v) is 8.18. The summed E-state index contributed by atoms with van der Waals surface area (Å²) in [5.41, 5.74) is 2.81. The van der Waals surface area contributed by atoms with Crippen LogP contribution in [-0.2, 0) is 25.8 Å². The number of thioether (sulfide) groups is 1. The minimum absolute atomic E-state index is 0.489. The Morgan fingerprint density at radius 3 is 2.72 bits per heavy atom. The number of aromatic nitrogens is 2. The zero-order valence-electron chi connectivity index (χ0n) is 16.3. The van der Waals surface area contributed by atoms with Gasteiger partial charge in [-0.1, -0.05) is 18.2 Å². The number of nitrogens with zero attached hydrogens (tertiary/aromatic N) is 2. The molecule has 0 spiro atoms. The second kappa shape index (κ2) is 9.43. The summed E-state index contributed by atoms with van der Waals surface area (Å²) in [4.78, 5) is 26.3. The van der Waals surface area contributed by atoms with Gasteiger partial charge in [0.2, 0.25) is 0 Å². The molecule has 8 nitrogen and oxygen atoms in total. The van der Waals surface area contributed by atoms with E-state index in [1.807, 2.05) is 30.3 Å². The van der Waals surface area contributed by atoms with Crippen LogP contribution >= 0.6 is 11.8 Å². The molecule has 1 aromatic heterocycles. The van der Waals surface area contributed by atoms with E-state index in [0.717, 1.165) is 67.7 Å². The van der Waals surface area contributed by atoms with Crippen LogP contribution in [0.4, 0.5) is 5.82 Å². The van der Waals surface area contributed by atoms with Gasteiger partial charge in [0.05, 0.1) is 31.1 Å². The number of ether oxygens (including phenoxy) is 1. The van der Waals surface area contributed by atoms with Crippen LogP contribution in [-0.4, -0.2) is 61.0 Å². The fourth-order valence-electron chi connectivity index (χ4n) is 3.59. The van der Waals surface area contributed by atoms with Crippen molar-refractivity contribution in [3.63, 3.8) is 0 Å². The van der Waals surface area contributed by atoms with Crippen LogP contribution < -0.4 is 15.5 Å². The Kier molecular flexibility index (Phi) is 6.48. The van der Waals surface area contributed by atoms with Crippen molar-refractivity contribution in [3.05, 3.63) is 41.6 Å². The molecule has 3 N–H and O–H groups in total. The highest BCUT2D eigenvalue weighted by molar-refractivity contribution is 7.98. The minimum atomic E-state index is -0.652. The topological polar surface area (TPSA) is 89.7 Å². The van der Waals surface area contributed by atoms with Gasteiger partial charge in [-0.25, -0.2) is 4.68 Å². The number of para-hydroxylation sites is 1. The third-order valence-electron chi connectivity index (χ3n) is 5.18. The van der Waals surface area contributed by atoms with Crippen LogP contribution in [0.3, 0.4) is 0 Å². The SMILES string of the molecule is O=C(NCCC[NH+]1CCOCC1)C(=O)Nc1c2c(nn1-c1ccccc1)CSC2. The Hall–Kier alpha value is -2.36. The van der Waals surface area contributed by atoms with Crippen LogP contribution in [0.25, 0.3) is 5.69 Å². The first-order valence-electron chi connectivity index (χ1n) is 9.97. The van der Waals surface area contributed by atoms with Gasteiger partial charge < -0.3 is 20.3 Å². The van der Waals surface area contributed by atoms with E-state index < -0.39 is 11.8 Å². The van der Waals surface area contributed by atoms with E-state index in [2.05, 4.69) is 15.7 Å². The first-order chi connectivity index (χ1) is 14.2. The summed E-state index contributed by atoms with van der Waals surface area (Å²) in [5.74, 6) is 0.923. The summed E-state index contributed by atoms with van der Waals surface area (Å²) in [6.45, 7) is 5.05. The molecule has 1 aromatic carbocycles. The van der Waals surface area contributed by atoms with E-state index >= 15 is 0 Å². The summed E-state index contributed by atoms with van der Waals surface area (Å²) >= 11 is 1.75. The third-order valence-corrected chi connectivity index (χ3v) is 6.15. The van der Waals surface area contributed by atoms with Crippen molar-refractivity contribution in [2.24, 2.45) is 0 Å². The van der Waals surface area contributed by atoms with E-state index in [0.29, 0.717) is 12.4 Å². The third kappa shape index (κ3) is 4.80. The molecule has 154 valence electrons. The fraction of sp³-hybridized carbons (Fsp3) is 0.450. The van der Waals surface area contributed by atoms with Crippen LogP contribution in [0.2, 0.25) is 0 Å². The number of morpholine rings is 1. The molecule has 0 atom stereocenters. The van der Waals surface area contributed by atoms with E-state index in [9.17, 15) is 9.59 Å². The highest BCUT2D eigenvalue weighted by Crippen LogP contribution is 2.35. The maximum absolute atomic E-state index is 12.5. The molecule has 2 aliphatic heterocycles. The molecule has 29 heavy (non-hydrogen) atoms. The van der Waals surface area contributed by atoms with Crippen LogP contribution in [0, 0.1) is 0 Å². The molecule has 2 aromatic rings. The standard InChI is InChI=1S/C20H25N5O3S/c26-19(21-7-4-8-24-9-11-28-12-10-24)20(27)22-18-16-13-29-14-17(16)23-25(18)15-5-2-1-3-6-15/h1-3,5-6H,4,7-14H2,(H,21,26)(H,22,27)/p+1. The molecule has 9 heteroatoms. The van der Waals surface area contributed by atoms with E-state index in [1.54, 1.807) is 16.4 Å². The number of amides is 2. The van der Waals surface area contributed by atoms with Gasteiger partial charge in [-0.15, -0.1) is 0 Å². The molecule has 2 amide bonds. The number of benzene rings is 1. The van der Waals surface area contributed by atoms with Crippen molar-refractivity contribution in [2.45, 2.75) is 17.9 Å². The summed E-state index contributed by atoms with van der Waals surface area (Å²) in [6.07, 6.45) is 0.836. The Morgan fingerprint density at radius 2 is 1.93 bits per heavy atom. The normalized spacial score (nSPS) is 16.4. The molecular formula is C20H26N5O3S+. The number of quaternary nitrogens is 1. The van der Waals surface area contributed by atoms with Gasteiger partial charge >= 0.3 is 11.8 Å². The number of rotatable bonds is 6. The molecular weight excluding hydrogens is 390 g/mol. The molecule has 1 fully saturated rings.